The molecule has 0 aliphatic carbocycles. The van der Waals surface area contributed by atoms with Crippen LogP contribution in [0.4, 0.5) is 0 Å². The smallest absolute Gasteiger partial charge is 0.246 e. The SMILES string of the molecule is CCC1NC(=O)C(CC)N(C(C)C2CCCO2)C1=O. The molecule has 5 heteroatoms. The molecular weight excluding hydrogens is 244 g/mol. The van der Waals surface area contributed by atoms with Gasteiger partial charge in [0.25, 0.3) is 0 Å². The maximum atomic E-state index is 12.5. The van der Waals surface area contributed by atoms with E-state index in [2.05, 4.69) is 5.32 Å². The molecule has 2 fully saturated rings. The standard InChI is InChI=1S/C14H24N2O3/c1-4-10-14(18)16(11(5-2)13(17)15-10)9(3)12-7-6-8-19-12/h9-12H,4-8H2,1-3H3,(H,15,17). The molecule has 108 valence electrons. The van der Waals surface area contributed by atoms with E-state index in [1.165, 1.54) is 0 Å². The van der Waals surface area contributed by atoms with E-state index in [-0.39, 0.29) is 36.0 Å². The summed E-state index contributed by atoms with van der Waals surface area (Å²) in [6, 6.07) is -0.756. The Hall–Kier alpha value is -1.10. The van der Waals surface area contributed by atoms with Gasteiger partial charge in [-0.05, 0) is 32.6 Å². The molecule has 4 atom stereocenters. The molecule has 0 bridgehead atoms. The maximum Gasteiger partial charge on any atom is 0.246 e. The predicted octanol–water partition coefficient (Wildman–Crippen LogP) is 1.07. The number of piperazine rings is 1. The van der Waals surface area contributed by atoms with Crippen LogP contribution in [0.15, 0.2) is 0 Å². The highest BCUT2D eigenvalue weighted by molar-refractivity contribution is 5.97. The van der Waals surface area contributed by atoms with Crippen LogP contribution in [0.5, 0.6) is 0 Å². The lowest BCUT2D eigenvalue weighted by molar-refractivity contribution is -0.155. The minimum absolute atomic E-state index is 0.0277. The summed E-state index contributed by atoms with van der Waals surface area (Å²) in [4.78, 5) is 26.4. The first-order chi connectivity index (χ1) is 9.10. The highest BCUT2D eigenvalue weighted by Crippen LogP contribution is 2.25. The van der Waals surface area contributed by atoms with Gasteiger partial charge in [-0.25, -0.2) is 0 Å². The Kier molecular flexibility index (Phi) is 4.45. The number of nitrogens with one attached hydrogen (secondary N) is 1. The summed E-state index contributed by atoms with van der Waals surface area (Å²) in [7, 11) is 0. The van der Waals surface area contributed by atoms with Gasteiger partial charge in [0.05, 0.1) is 12.1 Å². The van der Waals surface area contributed by atoms with Gasteiger partial charge in [0.1, 0.15) is 12.1 Å². The van der Waals surface area contributed by atoms with Crippen LogP contribution in [0.3, 0.4) is 0 Å². The highest BCUT2D eigenvalue weighted by atomic mass is 16.5. The fourth-order valence-corrected chi connectivity index (χ4v) is 3.09. The predicted molar refractivity (Wildman–Crippen MR) is 71.6 cm³/mol. The van der Waals surface area contributed by atoms with E-state index in [1.54, 1.807) is 4.90 Å². The molecule has 0 aromatic rings. The monoisotopic (exact) mass is 268 g/mol. The van der Waals surface area contributed by atoms with Crippen LogP contribution in [0, 0.1) is 0 Å². The van der Waals surface area contributed by atoms with Crippen molar-refractivity contribution in [2.75, 3.05) is 6.61 Å². The van der Waals surface area contributed by atoms with Crippen LogP contribution in [0.25, 0.3) is 0 Å². The zero-order chi connectivity index (χ0) is 14.0. The molecule has 2 heterocycles. The molecule has 2 rings (SSSR count). The average Bonchev–Trinajstić information content (AvgIpc) is 2.93. The molecule has 2 amide bonds. The molecule has 4 unspecified atom stereocenters. The molecule has 2 aliphatic heterocycles. The molecule has 0 spiro atoms. The average molecular weight is 268 g/mol. The summed E-state index contributed by atoms with van der Waals surface area (Å²) in [5.74, 6) is 0.00995. The molecular formula is C14H24N2O3. The van der Waals surface area contributed by atoms with Crippen LogP contribution in [0.2, 0.25) is 0 Å². The molecule has 0 saturated carbocycles. The van der Waals surface area contributed by atoms with E-state index >= 15 is 0 Å². The van der Waals surface area contributed by atoms with Crippen molar-refractivity contribution in [3.63, 3.8) is 0 Å². The van der Waals surface area contributed by atoms with E-state index in [9.17, 15) is 9.59 Å². The minimum Gasteiger partial charge on any atom is -0.376 e. The molecule has 0 radical (unpaired) electrons. The van der Waals surface area contributed by atoms with Gasteiger partial charge in [-0.2, -0.15) is 0 Å². The van der Waals surface area contributed by atoms with Gasteiger partial charge in [0.15, 0.2) is 0 Å². The van der Waals surface area contributed by atoms with E-state index in [0.29, 0.717) is 12.8 Å². The van der Waals surface area contributed by atoms with Crippen LogP contribution in [-0.4, -0.2) is 47.6 Å². The van der Waals surface area contributed by atoms with Gasteiger partial charge in [0.2, 0.25) is 11.8 Å². The third-order valence-corrected chi connectivity index (χ3v) is 4.24. The van der Waals surface area contributed by atoms with E-state index in [1.807, 2.05) is 20.8 Å². The van der Waals surface area contributed by atoms with Crippen LogP contribution < -0.4 is 5.32 Å². The highest BCUT2D eigenvalue weighted by Gasteiger charge is 2.43. The van der Waals surface area contributed by atoms with Crippen molar-refractivity contribution in [3.05, 3.63) is 0 Å². The van der Waals surface area contributed by atoms with Gasteiger partial charge in [-0.15, -0.1) is 0 Å². The van der Waals surface area contributed by atoms with Gasteiger partial charge in [-0.1, -0.05) is 13.8 Å². The summed E-state index contributed by atoms with van der Waals surface area (Å²) < 4.78 is 5.69. The van der Waals surface area contributed by atoms with Crippen molar-refractivity contribution in [2.24, 2.45) is 0 Å². The van der Waals surface area contributed by atoms with Gasteiger partial charge in [-0.3, -0.25) is 9.59 Å². The molecule has 1 N–H and O–H groups in total. The quantitative estimate of drug-likeness (QED) is 0.829. The Balaban J connectivity index is 2.20. The molecule has 19 heavy (non-hydrogen) atoms. The van der Waals surface area contributed by atoms with Crippen molar-refractivity contribution < 1.29 is 14.3 Å². The fourth-order valence-electron chi connectivity index (χ4n) is 3.09. The van der Waals surface area contributed by atoms with Crippen molar-refractivity contribution in [3.8, 4) is 0 Å². The van der Waals surface area contributed by atoms with Gasteiger partial charge < -0.3 is 15.0 Å². The Morgan fingerprint density at radius 2 is 2.11 bits per heavy atom. The largest absolute Gasteiger partial charge is 0.376 e. The maximum absolute atomic E-state index is 12.5. The van der Waals surface area contributed by atoms with E-state index in [4.69, 9.17) is 4.74 Å². The summed E-state index contributed by atoms with van der Waals surface area (Å²) in [6.45, 7) is 6.63. The minimum atomic E-state index is -0.376. The summed E-state index contributed by atoms with van der Waals surface area (Å²) in [5.41, 5.74) is 0. The number of hydrogen-bond acceptors (Lipinski definition) is 3. The lowest BCUT2D eigenvalue weighted by atomic mass is 9.98. The number of hydrogen-bond donors (Lipinski definition) is 1. The molecule has 5 nitrogen and oxygen atoms in total. The number of carbonyl (C=O) groups is 2. The van der Waals surface area contributed by atoms with Crippen molar-refractivity contribution in [1.82, 2.24) is 10.2 Å². The zero-order valence-corrected chi connectivity index (χ0v) is 12.0. The number of ether oxygens (including phenoxy) is 1. The molecule has 0 aromatic carbocycles. The summed E-state index contributed by atoms with van der Waals surface area (Å²) in [5, 5.41) is 2.82. The Labute approximate surface area is 114 Å². The third kappa shape index (κ3) is 2.61. The van der Waals surface area contributed by atoms with Crippen LogP contribution in [-0.2, 0) is 14.3 Å². The topological polar surface area (TPSA) is 58.6 Å². The first-order valence-electron chi connectivity index (χ1n) is 7.34. The van der Waals surface area contributed by atoms with E-state index < -0.39 is 0 Å². The Bertz CT molecular complexity index is 353. The number of rotatable bonds is 4. The lowest BCUT2D eigenvalue weighted by Gasteiger charge is -2.43. The number of carbonyl (C=O) groups excluding carboxylic acids is 2. The Morgan fingerprint density at radius 1 is 1.37 bits per heavy atom. The number of nitrogens with zero attached hydrogens (tertiary/aromatic N) is 1. The zero-order valence-electron chi connectivity index (χ0n) is 12.0. The Morgan fingerprint density at radius 3 is 2.63 bits per heavy atom. The second-order valence-electron chi connectivity index (χ2n) is 5.43. The first kappa shape index (κ1) is 14.3. The third-order valence-electron chi connectivity index (χ3n) is 4.24. The second-order valence-corrected chi connectivity index (χ2v) is 5.43. The summed E-state index contributed by atoms with van der Waals surface area (Å²) >= 11 is 0. The molecule has 2 aliphatic rings. The van der Waals surface area contributed by atoms with Gasteiger partial charge >= 0.3 is 0 Å². The summed E-state index contributed by atoms with van der Waals surface area (Å²) in [6.07, 6.45) is 3.36. The first-order valence-corrected chi connectivity index (χ1v) is 7.34. The van der Waals surface area contributed by atoms with Crippen molar-refractivity contribution in [2.45, 2.75) is 70.7 Å². The van der Waals surface area contributed by atoms with Crippen LogP contribution in [0.1, 0.15) is 46.5 Å². The molecule has 2 saturated heterocycles. The number of amides is 2. The normalized spacial score (nSPS) is 33.4. The van der Waals surface area contributed by atoms with Crippen molar-refractivity contribution >= 4 is 11.8 Å². The van der Waals surface area contributed by atoms with E-state index in [0.717, 1.165) is 19.4 Å². The van der Waals surface area contributed by atoms with Crippen molar-refractivity contribution in [1.29, 1.82) is 0 Å². The lowest BCUT2D eigenvalue weighted by Crippen LogP contribution is -2.66. The molecule has 0 aromatic heterocycles. The fraction of sp³-hybridized carbons (Fsp3) is 0.857. The van der Waals surface area contributed by atoms with Crippen LogP contribution >= 0.6 is 0 Å². The second kappa shape index (κ2) is 5.90. The van der Waals surface area contributed by atoms with Gasteiger partial charge in [0, 0.05) is 6.61 Å².